The van der Waals surface area contributed by atoms with Crippen LogP contribution < -0.4 is 0 Å². The van der Waals surface area contributed by atoms with E-state index in [1.54, 1.807) is 23.1 Å². The van der Waals surface area contributed by atoms with Crippen LogP contribution in [0.15, 0.2) is 34.9 Å². The normalized spacial score (nSPS) is 10.7. The maximum atomic E-state index is 12.9. The van der Waals surface area contributed by atoms with Crippen LogP contribution in [-0.4, -0.2) is 35.7 Å². The van der Waals surface area contributed by atoms with E-state index in [1.165, 1.54) is 12.1 Å². The molecule has 0 atom stereocenters. The van der Waals surface area contributed by atoms with Crippen molar-refractivity contribution >= 4 is 5.91 Å². The fourth-order valence-corrected chi connectivity index (χ4v) is 2.04. The van der Waals surface area contributed by atoms with Crippen LogP contribution in [0.5, 0.6) is 0 Å². The first-order valence-electron chi connectivity index (χ1n) is 7.21. The zero-order valence-electron chi connectivity index (χ0n) is 12.7. The number of hydrogen-bond donors (Lipinski definition) is 0. The van der Waals surface area contributed by atoms with E-state index >= 15 is 0 Å². The van der Waals surface area contributed by atoms with E-state index in [1.807, 2.05) is 13.8 Å². The summed E-state index contributed by atoms with van der Waals surface area (Å²) in [5, 5.41) is 3.88. The van der Waals surface area contributed by atoms with Crippen molar-refractivity contribution in [1.29, 1.82) is 0 Å². The second-order valence-electron chi connectivity index (χ2n) is 4.75. The summed E-state index contributed by atoms with van der Waals surface area (Å²) < 4.78 is 23.4. The average molecular weight is 306 g/mol. The van der Waals surface area contributed by atoms with Crippen LogP contribution in [-0.2, 0) is 16.1 Å². The Kier molecular flexibility index (Phi) is 5.66. The lowest BCUT2D eigenvalue weighted by Gasteiger charge is -2.18. The number of nitrogens with zero attached hydrogens (tertiary/aromatic N) is 2. The molecular formula is C16H19FN2O3. The molecule has 2 aromatic rings. The zero-order valence-corrected chi connectivity index (χ0v) is 12.7. The van der Waals surface area contributed by atoms with E-state index in [-0.39, 0.29) is 24.9 Å². The van der Waals surface area contributed by atoms with E-state index in [0.717, 1.165) is 5.56 Å². The quantitative estimate of drug-likeness (QED) is 0.789. The van der Waals surface area contributed by atoms with Crippen molar-refractivity contribution in [2.24, 2.45) is 0 Å². The first kappa shape index (κ1) is 16.2. The maximum Gasteiger partial charge on any atom is 0.248 e. The molecule has 1 heterocycles. The first-order chi connectivity index (χ1) is 10.6. The Balaban J connectivity index is 1.87. The van der Waals surface area contributed by atoms with Crippen molar-refractivity contribution in [2.45, 2.75) is 20.5 Å². The third kappa shape index (κ3) is 4.14. The SMILES string of the molecule is CCN(CC)C(=O)COCc1cc(-c2ccc(F)cc2)on1. The average Bonchev–Trinajstić information content (AvgIpc) is 2.98. The second kappa shape index (κ2) is 7.70. The molecule has 0 saturated heterocycles. The van der Waals surface area contributed by atoms with Gasteiger partial charge in [0.05, 0.1) is 6.61 Å². The van der Waals surface area contributed by atoms with Gasteiger partial charge in [0, 0.05) is 24.7 Å². The van der Waals surface area contributed by atoms with E-state index < -0.39 is 0 Å². The third-order valence-electron chi connectivity index (χ3n) is 3.28. The van der Waals surface area contributed by atoms with E-state index in [9.17, 15) is 9.18 Å². The Morgan fingerprint density at radius 1 is 1.27 bits per heavy atom. The Morgan fingerprint density at radius 3 is 2.59 bits per heavy atom. The van der Waals surface area contributed by atoms with Crippen molar-refractivity contribution in [3.63, 3.8) is 0 Å². The number of benzene rings is 1. The van der Waals surface area contributed by atoms with Gasteiger partial charge in [0.15, 0.2) is 5.76 Å². The van der Waals surface area contributed by atoms with Gasteiger partial charge in [-0.05, 0) is 38.1 Å². The smallest absolute Gasteiger partial charge is 0.248 e. The molecule has 22 heavy (non-hydrogen) atoms. The molecule has 0 spiro atoms. The topological polar surface area (TPSA) is 55.6 Å². The van der Waals surface area contributed by atoms with Gasteiger partial charge in [-0.3, -0.25) is 4.79 Å². The van der Waals surface area contributed by atoms with Gasteiger partial charge in [-0.2, -0.15) is 0 Å². The first-order valence-corrected chi connectivity index (χ1v) is 7.21. The fraction of sp³-hybridized carbons (Fsp3) is 0.375. The van der Waals surface area contributed by atoms with Crippen molar-refractivity contribution in [3.8, 4) is 11.3 Å². The number of aromatic nitrogens is 1. The predicted octanol–water partition coefficient (Wildman–Crippen LogP) is 2.87. The highest BCUT2D eigenvalue weighted by Gasteiger charge is 2.11. The number of hydrogen-bond acceptors (Lipinski definition) is 4. The minimum atomic E-state index is -0.304. The van der Waals surface area contributed by atoms with Crippen LogP contribution in [0.3, 0.4) is 0 Å². The summed E-state index contributed by atoms with van der Waals surface area (Å²) in [5.41, 5.74) is 1.33. The highest BCUT2D eigenvalue weighted by Crippen LogP contribution is 2.20. The van der Waals surface area contributed by atoms with E-state index in [2.05, 4.69) is 5.16 Å². The van der Waals surface area contributed by atoms with Crippen LogP contribution >= 0.6 is 0 Å². The Morgan fingerprint density at radius 2 is 1.95 bits per heavy atom. The molecule has 0 N–H and O–H groups in total. The number of likely N-dealkylation sites (N-methyl/N-ethyl adjacent to an activating group) is 1. The van der Waals surface area contributed by atoms with Gasteiger partial charge in [-0.1, -0.05) is 5.16 Å². The second-order valence-corrected chi connectivity index (χ2v) is 4.75. The molecule has 6 heteroatoms. The molecule has 0 aliphatic rings. The van der Waals surface area contributed by atoms with Crippen molar-refractivity contribution in [3.05, 3.63) is 41.8 Å². The van der Waals surface area contributed by atoms with Crippen LogP contribution in [0.25, 0.3) is 11.3 Å². The minimum absolute atomic E-state index is 0.0143. The zero-order chi connectivity index (χ0) is 15.9. The molecule has 1 aromatic heterocycles. The third-order valence-corrected chi connectivity index (χ3v) is 3.28. The largest absolute Gasteiger partial charge is 0.365 e. The highest BCUT2D eigenvalue weighted by molar-refractivity contribution is 5.77. The van der Waals surface area contributed by atoms with Crippen LogP contribution in [0.1, 0.15) is 19.5 Å². The van der Waals surface area contributed by atoms with Gasteiger partial charge in [0.2, 0.25) is 5.91 Å². The van der Waals surface area contributed by atoms with Crippen molar-refractivity contribution in [1.82, 2.24) is 10.1 Å². The van der Waals surface area contributed by atoms with Crippen molar-refractivity contribution in [2.75, 3.05) is 19.7 Å². The Bertz CT molecular complexity index is 606. The summed E-state index contributed by atoms with van der Waals surface area (Å²) in [6, 6.07) is 7.66. The summed E-state index contributed by atoms with van der Waals surface area (Å²) in [5.74, 6) is 0.183. The summed E-state index contributed by atoms with van der Waals surface area (Å²) in [6.07, 6.45) is 0. The van der Waals surface area contributed by atoms with E-state index in [4.69, 9.17) is 9.26 Å². The lowest BCUT2D eigenvalue weighted by Crippen LogP contribution is -2.33. The van der Waals surface area contributed by atoms with Crippen molar-refractivity contribution < 1.29 is 18.4 Å². The summed E-state index contributed by atoms with van der Waals surface area (Å²) in [7, 11) is 0. The lowest BCUT2D eigenvalue weighted by molar-refractivity contribution is -0.136. The Labute approximate surface area is 128 Å². The molecule has 1 aromatic carbocycles. The summed E-state index contributed by atoms with van der Waals surface area (Å²) in [6.45, 7) is 5.38. The standard InChI is InChI=1S/C16H19FN2O3/c1-3-19(4-2)16(20)11-21-10-14-9-15(22-18-14)12-5-7-13(17)8-6-12/h5-9H,3-4,10-11H2,1-2H3. The molecule has 0 aliphatic heterocycles. The summed E-state index contributed by atoms with van der Waals surface area (Å²) >= 11 is 0. The molecule has 0 radical (unpaired) electrons. The minimum Gasteiger partial charge on any atom is -0.365 e. The van der Waals surface area contributed by atoms with Gasteiger partial charge in [0.25, 0.3) is 0 Å². The number of rotatable bonds is 7. The highest BCUT2D eigenvalue weighted by atomic mass is 19.1. The van der Waals surface area contributed by atoms with E-state index in [0.29, 0.717) is 24.5 Å². The lowest BCUT2D eigenvalue weighted by atomic mass is 10.1. The van der Waals surface area contributed by atoms with Gasteiger partial charge in [-0.15, -0.1) is 0 Å². The molecule has 0 unspecified atom stereocenters. The summed E-state index contributed by atoms with van der Waals surface area (Å²) in [4.78, 5) is 13.5. The number of carbonyl (C=O) groups is 1. The maximum absolute atomic E-state index is 12.9. The van der Waals surface area contributed by atoms with Crippen LogP contribution in [0.2, 0.25) is 0 Å². The van der Waals surface area contributed by atoms with Gasteiger partial charge < -0.3 is 14.2 Å². The molecule has 0 saturated carbocycles. The van der Waals surface area contributed by atoms with Gasteiger partial charge in [0.1, 0.15) is 18.1 Å². The Hall–Kier alpha value is -2.21. The molecule has 1 amide bonds. The molecule has 0 bridgehead atoms. The number of halogens is 1. The monoisotopic (exact) mass is 306 g/mol. The molecule has 0 fully saturated rings. The predicted molar refractivity (Wildman–Crippen MR) is 79.5 cm³/mol. The van der Waals surface area contributed by atoms with Gasteiger partial charge in [-0.25, -0.2) is 4.39 Å². The molecule has 118 valence electrons. The number of carbonyl (C=O) groups excluding carboxylic acids is 1. The molecule has 5 nitrogen and oxygen atoms in total. The molecule has 2 rings (SSSR count). The fourth-order valence-electron chi connectivity index (χ4n) is 2.04. The molecular weight excluding hydrogens is 287 g/mol. The van der Waals surface area contributed by atoms with Crippen LogP contribution in [0, 0.1) is 5.82 Å². The molecule has 0 aliphatic carbocycles. The number of amides is 1. The van der Waals surface area contributed by atoms with Gasteiger partial charge >= 0.3 is 0 Å². The number of ether oxygens (including phenoxy) is 1. The van der Waals surface area contributed by atoms with Crippen LogP contribution in [0.4, 0.5) is 4.39 Å².